The molecule has 0 aliphatic heterocycles. The lowest BCUT2D eigenvalue weighted by Gasteiger charge is -1.97. The Hall–Kier alpha value is -1.36. The minimum atomic E-state index is -0.865. The Kier molecular flexibility index (Phi) is 3.45. The summed E-state index contributed by atoms with van der Waals surface area (Å²) in [6.07, 6.45) is 0.0107. The summed E-state index contributed by atoms with van der Waals surface area (Å²) in [5.74, 6) is -0.145. The van der Waals surface area contributed by atoms with E-state index < -0.39 is 5.97 Å². The Bertz CT molecular complexity index is 281. The fraction of sp³-hybridized carbons (Fsp3) is 0.500. The molecular weight excluding hydrogens is 174 g/mol. The van der Waals surface area contributed by atoms with Crippen LogP contribution in [0, 0.1) is 6.92 Å². The van der Waals surface area contributed by atoms with E-state index in [1.165, 1.54) is 0 Å². The number of aromatic nitrogens is 1. The molecule has 0 atom stereocenters. The molecule has 0 bridgehead atoms. The van der Waals surface area contributed by atoms with Gasteiger partial charge in [-0.1, -0.05) is 5.16 Å². The SMILES string of the molecule is Cc1cc(COCCC(=O)O)no1. The highest BCUT2D eigenvalue weighted by Gasteiger charge is 2.01. The van der Waals surface area contributed by atoms with Crippen LogP contribution in [0.3, 0.4) is 0 Å². The number of nitrogens with zero attached hydrogens (tertiary/aromatic N) is 1. The Labute approximate surface area is 75.3 Å². The predicted molar refractivity (Wildman–Crippen MR) is 43.1 cm³/mol. The summed E-state index contributed by atoms with van der Waals surface area (Å²) < 4.78 is 9.84. The first-order valence-corrected chi connectivity index (χ1v) is 3.90. The van der Waals surface area contributed by atoms with E-state index in [4.69, 9.17) is 14.4 Å². The zero-order valence-electron chi connectivity index (χ0n) is 7.32. The maximum atomic E-state index is 10.1. The summed E-state index contributed by atoms with van der Waals surface area (Å²) in [7, 11) is 0. The maximum Gasteiger partial charge on any atom is 0.305 e. The predicted octanol–water partition coefficient (Wildman–Crippen LogP) is 0.974. The van der Waals surface area contributed by atoms with Crippen molar-refractivity contribution in [3.05, 3.63) is 17.5 Å². The molecule has 0 unspecified atom stereocenters. The second-order valence-electron chi connectivity index (χ2n) is 2.63. The number of carbonyl (C=O) groups is 1. The Morgan fingerprint density at radius 1 is 1.77 bits per heavy atom. The molecule has 1 heterocycles. The van der Waals surface area contributed by atoms with Gasteiger partial charge in [0.25, 0.3) is 0 Å². The zero-order valence-corrected chi connectivity index (χ0v) is 7.32. The van der Waals surface area contributed by atoms with Crippen LogP contribution in [-0.2, 0) is 16.1 Å². The standard InChI is InChI=1S/C8H11NO4/c1-6-4-7(9-13-6)5-12-3-2-8(10)11/h4H,2-3,5H2,1H3,(H,10,11). The molecule has 0 saturated carbocycles. The van der Waals surface area contributed by atoms with Crippen molar-refractivity contribution in [3.63, 3.8) is 0 Å². The summed E-state index contributed by atoms with van der Waals surface area (Å²) in [5.41, 5.74) is 0.683. The molecule has 1 aromatic rings. The van der Waals surface area contributed by atoms with Gasteiger partial charge in [0.05, 0.1) is 19.6 Å². The van der Waals surface area contributed by atoms with Gasteiger partial charge in [0.2, 0.25) is 0 Å². The van der Waals surface area contributed by atoms with Gasteiger partial charge in [0, 0.05) is 6.07 Å². The minimum absolute atomic E-state index is 0.0107. The number of carboxylic acid groups (broad SMARTS) is 1. The van der Waals surface area contributed by atoms with Crippen molar-refractivity contribution < 1.29 is 19.2 Å². The highest BCUT2D eigenvalue weighted by Crippen LogP contribution is 2.02. The highest BCUT2D eigenvalue weighted by molar-refractivity contribution is 5.66. The molecule has 0 spiro atoms. The molecule has 5 nitrogen and oxygen atoms in total. The average Bonchev–Trinajstić information content (AvgIpc) is 2.45. The quantitative estimate of drug-likeness (QED) is 0.692. The average molecular weight is 185 g/mol. The smallest absolute Gasteiger partial charge is 0.305 e. The minimum Gasteiger partial charge on any atom is -0.481 e. The second-order valence-corrected chi connectivity index (χ2v) is 2.63. The zero-order chi connectivity index (χ0) is 9.68. The van der Waals surface area contributed by atoms with Crippen LogP contribution in [0.25, 0.3) is 0 Å². The van der Waals surface area contributed by atoms with Crippen molar-refractivity contribution in [2.24, 2.45) is 0 Å². The first-order chi connectivity index (χ1) is 6.18. The number of rotatable bonds is 5. The summed E-state index contributed by atoms with van der Waals surface area (Å²) in [6.45, 7) is 2.28. The van der Waals surface area contributed by atoms with E-state index in [9.17, 15) is 4.79 Å². The molecule has 0 radical (unpaired) electrons. The van der Waals surface area contributed by atoms with Gasteiger partial charge >= 0.3 is 5.97 Å². The number of carboxylic acids is 1. The Morgan fingerprint density at radius 2 is 2.54 bits per heavy atom. The van der Waals surface area contributed by atoms with Crippen molar-refractivity contribution >= 4 is 5.97 Å². The summed E-state index contributed by atoms with van der Waals surface area (Å²) >= 11 is 0. The first-order valence-electron chi connectivity index (χ1n) is 3.90. The maximum absolute atomic E-state index is 10.1. The fourth-order valence-corrected chi connectivity index (χ4v) is 0.822. The van der Waals surface area contributed by atoms with Crippen LogP contribution < -0.4 is 0 Å². The topological polar surface area (TPSA) is 72.6 Å². The van der Waals surface area contributed by atoms with Crippen LogP contribution >= 0.6 is 0 Å². The fourth-order valence-electron chi connectivity index (χ4n) is 0.822. The third-order valence-electron chi connectivity index (χ3n) is 1.39. The number of aliphatic carboxylic acids is 1. The molecule has 0 amide bonds. The summed E-state index contributed by atoms with van der Waals surface area (Å²) in [4.78, 5) is 10.1. The van der Waals surface area contributed by atoms with Crippen LogP contribution in [0.4, 0.5) is 0 Å². The molecule has 5 heteroatoms. The van der Waals surface area contributed by atoms with Gasteiger partial charge in [0.1, 0.15) is 11.5 Å². The van der Waals surface area contributed by atoms with Crippen molar-refractivity contribution in [3.8, 4) is 0 Å². The van der Waals surface area contributed by atoms with Gasteiger partial charge in [-0.15, -0.1) is 0 Å². The van der Waals surface area contributed by atoms with Gasteiger partial charge in [-0.2, -0.15) is 0 Å². The molecule has 0 aliphatic carbocycles. The summed E-state index contributed by atoms with van der Waals surface area (Å²) in [5, 5.41) is 12.0. The lowest BCUT2D eigenvalue weighted by molar-refractivity contribution is -0.138. The van der Waals surface area contributed by atoms with E-state index in [-0.39, 0.29) is 13.0 Å². The van der Waals surface area contributed by atoms with E-state index in [1.807, 2.05) is 0 Å². The van der Waals surface area contributed by atoms with E-state index in [1.54, 1.807) is 13.0 Å². The third kappa shape index (κ3) is 3.71. The van der Waals surface area contributed by atoms with Gasteiger partial charge in [0.15, 0.2) is 0 Å². The number of hydrogen-bond acceptors (Lipinski definition) is 4. The molecule has 1 N–H and O–H groups in total. The number of ether oxygens (including phenoxy) is 1. The largest absolute Gasteiger partial charge is 0.481 e. The molecule has 0 saturated heterocycles. The lowest BCUT2D eigenvalue weighted by atomic mass is 10.4. The van der Waals surface area contributed by atoms with Crippen LogP contribution in [0.15, 0.2) is 10.6 Å². The normalized spacial score (nSPS) is 10.2. The Balaban J connectivity index is 2.16. The van der Waals surface area contributed by atoms with Gasteiger partial charge in [-0.05, 0) is 6.92 Å². The number of hydrogen-bond donors (Lipinski definition) is 1. The van der Waals surface area contributed by atoms with Crippen molar-refractivity contribution in [2.45, 2.75) is 20.0 Å². The van der Waals surface area contributed by atoms with Crippen LogP contribution in [0.1, 0.15) is 17.9 Å². The third-order valence-corrected chi connectivity index (χ3v) is 1.39. The second kappa shape index (κ2) is 4.61. The molecule has 72 valence electrons. The summed E-state index contributed by atoms with van der Waals surface area (Å²) in [6, 6.07) is 1.75. The molecule has 1 rings (SSSR count). The first kappa shape index (κ1) is 9.73. The van der Waals surface area contributed by atoms with Crippen molar-refractivity contribution in [1.29, 1.82) is 0 Å². The van der Waals surface area contributed by atoms with Gasteiger partial charge in [-0.25, -0.2) is 0 Å². The van der Waals surface area contributed by atoms with E-state index in [2.05, 4.69) is 5.16 Å². The molecular formula is C8H11NO4. The van der Waals surface area contributed by atoms with Crippen LogP contribution in [0.5, 0.6) is 0 Å². The highest BCUT2D eigenvalue weighted by atomic mass is 16.5. The van der Waals surface area contributed by atoms with Crippen LogP contribution in [0.2, 0.25) is 0 Å². The molecule has 0 aliphatic rings. The van der Waals surface area contributed by atoms with E-state index in [0.29, 0.717) is 12.3 Å². The lowest BCUT2D eigenvalue weighted by Crippen LogP contribution is -2.02. The van der Waals surface area contributed by atoms with E-state index >= 15 is 0 Å². The molecule has 1 aromatic heterocycles. The van der Waals surface area contributed by atoms with Gasteiger partial charge < -0.3 is 14.4 Å². The monoisotopic (exact) mass is 185 g/mol. The van der Waals surface area contributed by atoms with Crippen molar-refractivity contribution in [2.75, 3.05) is 6.61 Å². The van der Waals surface area contributed by atoms with E-state index in [0.717, 1.165) is 5.76 Å². The van der Waals surface area contributed by atoms with Gasteiger partial charge in [-0.3, -0.25) is 4.79 Å². The molecule has 0 aromatic carbocycles. The number of aryl methyl sites for hydroxylation is 1. The van der Waals surface area contributed by atoms with Crippen molar-refractivity contribution in [1.82, 2.24) is 5.16 Å². The molecule has 0 fully saturated rings. The Morgan fingerprint density at radius 3 is 3.08 bits per heavy atom. The molecule has 13 heavy (non-hydrogen) atoms. The van der Waals surface area contributed by atoms with Crippen LogP contribution in [-0.4, -0.2) is 22.8 Å².